The fraction of sp³-hybridized carbons (Fsp3) is 0.667. The van der Waals surface area contributed by atoms with Gasteiger partial charge in [0.25, 0.3) is 0 Å². The van der Waals surface area contributed by atoms with Gasteiger partial charge in [0.1, 0.15) is 0 Å². The molecule has 1 N–H and O–H groups in total. The summed E-state index contributed by atoms with van der Waals surface area (Å²) in [6.45, 7) is 10.1. The Morgan fingerprint density at radius 1 is 0.966 bits per heavy atom. The second-order valence-corrected chi connectivity index (χ2v) is 8.82. The Morgan fingerprint density at radius 2 is 1.55 bits per heavy atom. The van der Waals surface area contributed by atoms with Crippen LogP contribution in [0, 0.1) is 17.8 Å². The summed E-state index contributed by atoms with van der Waals surface area (Å²) < 4.78 is 0. The van der Waals surface area contributed by atoms with Crippen molar-refractivity contribution in [1.82, 2.24) is 4.90 Å². The van der Waals surface area contributed by atoms with E-state index in [1.807, 2.05) is 17.0 Å². The van der Waals surface area contributed by atoms with Gasteiger partial charge in [0, 0.05) is 49.4 Å². The van der Waals surface area contributed by atoms with E-state index in [0.717, 1.165) is 50.4 Å². The first-order chi connectivity index (χ1) is 14.0. The topological polar surface area (TPSA) is 52.7 Å². The first-order valence-electron chi connectivity index (χ1n) is 11.5. The van der Waals surface area contributed by atoms with E-state index >= 15 is 0 Å². The zero-order valence-electron chi connectivity index (χ0n) is 18.3. The molecular formula is C24H37N3O2. The van der Waals surface area contributed by atoms with Gasteiger partial charge in [-0.05, 0) is 68.7 Å². The van der Waals surface area contributed by atoms with E-state index in [-0.39, 0.29) is 23.7 Å². The van der Waals surface area contributed by atoms with Crippen LogP contribution in [0.5, 0.6) is 0 Å². The summed E-state index contributed by atoms with van der Waals surface area (Å²) in [5.41, 5.74) is 2.10. The molecule has 2 aliphatic rings. The Morgan fingerprint density at radius 3 is 2.10 bits per heavy atom. The van der Waals surface area contributed by atoms with Crippen LogP contribution in [0.1, 0.15) is 59.3 Å². The van der Waals surface area contributed by atoms with Gasteiger partial charge in [-0.15, -0.1) is 0 Å². The molecule has 2 amide bonds. The van der Waals surface area contributed by atoms with Gasteiger partial charge in [0.05, 0.1) is 0 Å². The SMILES string of the molecule is CCC(CC)C(=O)N1CCC(C(=O)Nc2ccc(N3CCC(C)CC3)cc2)CC1. The highest BCUT2D eigenvalue weighted by Gasteiger charge is 2.29. The van der Waals surface area contributed by atoms with E-state index in [4.69, 9.17) is 0 Å². The van der Waals surface area contributed by atoms with Gasteiger partial charge < -0.3 is 15.1 Å². The molecule has 0 aliphatic carbocycles. The number of carbonyl (C=O) groups excluding carboxylic acids is 2. The van der Waals surface area contributed by atoms with E-state index < -0.39 is 0 Å². The number of nitrogens with zero attached hydrogens (tertiary/aromatic N) is 2. The van der Waals surface area contributed by atoms with Crippen LogP contribution in [0.4, 0.5) is 11.4 Å². The molecule has 0 aromatic heterocycles. The minimum atomic E-state index is -0.0102. The molecule has 2 aliphatic heterocycles. The lowest BCUT2D eigenvalue weighted by atomic mass is 9.93. The quantitative estimate of drug-likeness (QED) is 0.764. The molecule has 3 rings (SSSR count). The van der Waals surface area contributed by atoms with Gasteiger partial charge in [0.15, 0.2) is 0 Å². The fourth-order valence-corrected chi connectivity index (χ4v) is 4.52. The molecule has 1 aromatic carbocycles. The van der Waals surface area contributed by atoms with Gasteiger partial charge in [0.2, 0.25) is 11.8 Å². The van der Waals surface area contributed by atoms with Crippen molar-refractivity contribution >= 4 is 23.2 Å². The predicted molar refractivity (Wildman–Crippen MR) is 119 cm³/mol. The molecule has 2 heterocycles. The van der Waals surface area contributed by atoms with Crippen molar-refractivity contribution in [1.29, 1.82) is 0 Å². The van der Waals surface area contributed by atoms with Gasteiger partial charge in [-0.25, -0.2) is 0 Å². The summed E-state index contributed by atoms with van der Waals surface area (Å²) in [6, 6.07) is 8.25. The van der Waals surface area contributed by atoms with Crippen molar-refractivity contribution in [3.63, 3.8) is 0 Å². The number of anilines is 2. The number of benzene rings is 1. The van der Waals surface area contributed by atoms with Gasteiger partial charge in [-0.3, -0.25) is 9.59 Å². The maximum atomic E-state index is 12.7. The van der Waals surface area contributed by atoms with Crippen molar-refractivity contribution in [3.8, 4) is 0 Å². The monoisotopic (exact) mass is 399 g/mol. The zero-order chi connectivity index (χ0) is 20.8. The number of nitrogens with one attached hydrogen (secondary N) is 1. The zero-order valence-corrected chi connectivity index (χ0v) is 18.3. The summed E-state index contributed by atoms with van der Waals surface area (Å²) in [5.74, 6) is 1.28. The van der Waals surface area contributed by atoms with Crippen LogP contribution in [0.2, 0.25) is 0 Å². The second-order valence-electron chi connectivity index (χ2n) is 8.82. The molecule has 0 radical (unpaired) electrons. The van der Waals surface area contributed by atoms with Crippen LogP contribution in [0.3, 0.4) is 0 Å². The molecule has 1 aromatic rings. The van der Waals surface area contributed by atoms with Crippen LogP contribution in [-0.2, 0) is 9.59 Å². The molecule has 5 heteroatoms. The number of rotatable bonds is 6. The van der Waals surface area contributed by atoms with E-state index in [1.165, 1.54) is 18.5 Å². The number of amides is 2. The smallest absolute Gasteiger partial charge is 0.227 e. The van der Waals surface area contributed by atoms with E-state index in [0.29, 0.717) is 13.1 Å². The van der Waals surface area contributed by atoms with Crippen LogP contribution in [0.25, 0.3) is 0 Å². The third-order valence-corrected chi connectivity index (χ3v) is 6.80. The Labute approximate surface area is 175 Å². The molecule has 0 saturated carbocycles. The molecule has 0 unspecified atom stereocenters. The van der Waals surface area contributed by atoms with Crippen LogP contribution in [0.15, 0.2) is 24.3 Å². The highest BCUT2D eigenvalue weighted by molar-refractivity contribution is 5.93. The molecule has 0 spiro atoms. The first kappa shape index (κ1) is 21.7. The number of hydrogen-bond acceptors (Lipinski definition) is 3. The molecule has 160 valence electrons. The molecule has 2 saturated heterocycles. The average Bonchev–Trinajstić information content (AvgIpc) is 2.76. The largest absolute Gasteiger partial charge is 0.372 e. The number of hydrogen-bond donors (Lipinski definition) is 1. The Bertz CT molecular complexity index is 668. The molecule has 5 nitrogen and oxygen atoms in total. The van der Waals surface area contributed by atoms with Crippen molar-refractivity contribution in [2.75, 3.05) is 36.4 Å². The standard InChI is InChI=1S/C24H37N3O2/c1-4-19(5-2)24(29)27-16-12-20(13-17-27)23(28)25-21-6-8-22(9-7-21)26-14-10-18(3)11-15-26/h6-9,18-20H,4-5,10-17H2,1-3H3,(H,25,28). The van der Waals surface area contributed by atoms with Crippen LogP contribution < -0.4 is 10.2 Å². The highest BCUT2D eigenvalue weighted by Crippen LogP contribution is 2.26. The highest BCUT2D eigenvalue weighted by atomic mass is 16.2. The second kappa shape index (κ2) is 10.1. The normalized spacial score (nSPS) is 18.9. The minimum absolute atomic E-state index is 0.0102. The van der Waals surface area contributed by atoms with Crippen LogP contribution in [-0.4, -0.2) is 42.9 Å². The summed E-state index contributed by atoms with van der Waals surface area (Å²) in [5, 5.41) is 3.08. The summed E-state index contributed by atoms with van der Waals surface area (Å²) in [6.07, 6.45) is 5.78. The van der Waals surface area contributed by atoms with Crippen LogP contribution >= 0.6 is 0 Å². The van der Waals surface area contributed by atoms with Crippen molar-refractivity contribution in [3.05, 3.63) is 24.3 Å². The number of piperidine rings is 2. The fourth-order valence-electron chi connectivity index (χ4n) is 4.52. The Kier molecular flexibility index (Phi) is 7.57. The number of carbonyl (C=O) groups is 2. The van der Waals surface area contributed by atoms with Crippen molar-refractivity contribution in [2.24, 2.45) is 17.8 Å². The maximum Gasteiger partial charge on any atom is 0.227 e. The van der Waals surface area contributed by atoms with Gasteiger partial charge in [-0.2, -0.15) is 0 Å². The molecule has 29 heavy (non-hydrogen) atoms. The minimum Gasteiger partial charge on any atom is -0.372 e. The molecule has 2 fully saturated rings. The van der Waals surface area contributed by atoms with Crippen molar-refractivity contribution < 1.29 is 9.59 Å². The van der Waals surface area contributed by atoms with Gasteiger partial charge in [-0.1, -0.05) is 20.8 Å². The average molecular weight is 400 g/mol. The summed E-state index contributed by atoms with van der Waals surface area (Å²) in [4.78, 5) is 29.6. The van der Waals surface area contributed by atoms with Crippen molar-refractivity contribution in [2.45, 2.75) is 59.3 Å². The maximum absolute atomic E-state index is 12.7. The van der Waals surface area contributed by atoms with Gasteiger partial charge >= 0.3 is 0 Å². The lowest BCUT2D eigenvalue weighted by molar-refractivity contribution is -0.138. The summed E-state index contributed by atoms with van der Waals surface area (Å²) in [7, 11) is 0. The van der Waals surface area contributed by atoms with E-state index in [2.05, 4.69) is 43.1 Å². The Hall–Kier alpha value is -2.04. The number of likely N-dealkylation sites (tertiary alicyclic amines) is 1. The molecule has 0 atom stereocenters. The third-order valence-electron chi connectivity index (χ3n) is 6.80. The lowest BCUT2D eigenvalue weighted by Crippen LogP contribution is -2.43. The van der Waals surface area contributed by atoms with E-state index in [9.17, 15) is 9.59 Å². The molecular weight excluding hydrogens is 362 g/mol. The third kappa shape index (κ3) is 5.52. The summed E-state index contributed by atoms with van der Waals surface area (Å²) >= 11 is 0. The Balaban J connectivity index is 1.48. The molecule has 0 bridgehead atoms. The lowest BCUT2D eigenvalue weighted by Gasteiger charge is -2.33. The predicted octanol–water partition coefficient (Wildman–Crippen LogP) is 4.54. The first-order valence-corrected chi connectivity index (χ1v) is 11.5. The van der Waals surface area contributed by atoms with E-state index in [1.54, 1.807) is 0 Å².